The number of aliphatic hydroxyl groups is 1. The van der Waals surface area contributed by atoms with Gasteiger partial charge in [-0.05, 0) is 30.7 Å². The Labute approximate surface area is 123 Å². The van der Waals surface area contributed by atoms with Gasteiger partial charge in [0.05, 0.1) is 18.9 Å². The lowest BCUT2D eigenvalue weighted by atomic mass is 10.3. The van der Waals surface area contributed by atoms with Gasteiger partial charge in [0, 0.05) is 6.20 Å². The number of hydrogen-bond donors (Lipinski definition) is 2. The zero-order chi connectivity index (χ0) is 15.3. The van der Waals surface area contributed by atoms with E-state index in [9.17, 15) is 8.42 Å². The van der Waals surface area contributed by atoms with Crippen molar-refractivity contribution in [1.29, 1.82) is 0 Å². The first-order chi connectivity index (χ1) is 10.1. The average molecular weight is 308 g/mol. The van der Waals surface area contributed by atoms with E-state index in [0.717, 1.165) is 0 Å². The summed E-state index contributed by atoms with van der Waals surface area (Å²) in [5, 5.41) is 8.82. The Kier molecular flexibility index (Phi) is 4.77. The number of sulfonamides is 1. The van der Waals surface area contributed by atoms with Gasteiger partial charge >= 0.3 is 0 Å². The van der Waals surface area contributed by atoms with E-state index in [2.05, 4.69) is 9.71 Å². The van der Waals surface area contributed by atoms with Crippen LogP contribution >= 0.6 is 0 Å². The molecule has 21 heavy (non-hydrogen) atoms. The molecule has 7 heteroatoms. The molecule has 2 rings (SSSR count). The molecule has 1 aromatic carbocycles. The summed E-state index contributed by atoms with van der Waals surface area (Å²) in [6, 6.07) is 9.63. The standard InChI is InChI=1S/C14H16N2O4S/c1-2-20-13-6-4-3-5-12(13)16-21(18,19)14-8-7-11(10-17)9-15-14/h3-9,16-17H,2,10H2,1H3. The minimum Gasteiger partial charge on any atom is -0.492 e. The van der Waals surface area contributed by atoms with Gasteiger partial charge < -0.3 is 9.84 Å². The number of rotatable bonds is 6. The fourth-order valence-corrected chi connectivity index (χ4v) is 2.69. The van der Waals surface area contributed by atoms with Crippen molar-refractivity contribution in [3.05, 3.63) is 48.2 Å². The Hall–Kier alpha value is -2.12. The van der Waals surface area contributed by atoms with Crippen LogP contribution in [0.3, 0.4) is 0 Å². The third-order valence-corrected chi connectivity index (χ3v) is 3.97. The minimum atomic E-state index is -3.80. The Bertz CT molecular complexity index is 699. The average Bonchev–Trinajstić information content (AvgIpc) is 2.49. The van der Waals surface area contributed by atoms with Crippen LogP contribution in [0.15, 0.2) is 47.6 Å². The fraction of sp³-hybridized carbons (Fsp3) is 0.214. The van der Waals surface area contributed by atoms with Gasteiger partial charge in [-0.25, -0.2) is 4.98 Å². The second-order valence-electron chi connectivity index (χ2n) is 4.20. The molecule has 0 aliphatic carbocycles. The lowest BCUT2D eigenvalue weighted by Crippen LogP contribution is -2.15. The van der Waals surface area contributed by atoms with Crippen LogP contribution in [0.1, 0.15) is 12.5 Å². The molecule has 0 aliphatic rings. The molecule has 112 valence electrons. The summed E-state index contributed by atoms with van der Waals surface area (Å²) in [7, 11) is -3.80. The molecule has 2 N–H and O–H groups in total. The highest BCUT2D eigenvalue weighted by molar-refractivity contribution is 7.92. The number of aromatic nitrogens is 1. The first kappa shape index (κ1) is 15.3. The van der Waals surface area contributed by atoms with Gasteiger partial charge in [0.2, 0.25) is 0 Å². The van der Waals surface area contributed by atoms with Crippen LogP contribution in [0.2, 0.25) is 0 Å². The van der Waals surface area contributed by atoms with Crippen LogP contribution in [0.25, 0.3) is 0 Å². The predicted molar refractivity (Wildman–Crippen MR) is 78.6 cm³/mol. The van der Waals surface area contributed by atoms with Crippen molar-refractivity contribution in [2.75, 3.05) is 11.3 Å². The van der Waals surface area contributed by atoms with E-state index >= 15 is 0 Å². The van der Waals surface area contributed by atoms with Gasteiger partial charge in [-0.3, -0.25) is 4.72 Å². The molecule has 1 aromatic heterocycles. The molecule has 0 atom stereocenters. The van der Waals surface area contributed by atoms with Crippen molar-refractivity contribution in [2.24, 2.45) is 0 Å². The minimum absolute atomic E-state index is 0.119. The third-order valence-electron chi connectivity index (χ3n) is 2.69. The number of nitrogens with one attached hydrogen (secondary N) is 1. The summed E-state index contributed by atoms with van der Waals surface area (Å²) in [4.78, 5) is 3.84. The van der Waals surface area contributed by atoms with Crippen LogP contribution in [-0.2, 0) is 16.6 Å². The van der Waals surface area contributed by atoms with E-state index < -0.39 is 10.0 Å². The fourth-order valence-electron chi connectivity index (χ4n) is 1.69. The van der Waals surface area contributed by atoms with Crippen molar-refractivity contribution < 1.29 is 18.3 Å². The molecule has 0 bridgehead atoms. The molecule has 0 radical (unpaired) electrons. The number of pyridine rings is 1. The molecule has 0 saturated heterocycles. The van der Waals surface area contributed by atoms with Crippen molar-refractivity contribution in [3.63, 3.8) is 0 Å². The highest BCUT2D eigenvalue weighted by atomic mass is 32.2. The maximum absolute atomic E-state index is 12.3. The molecule has 0 saturated carbocycles. The van der Waals surface area contributed by atoms with Gasteiger partial charge in [-0.1, -0.05) is 18.2 Å². The molecular formula is C14H16N2O4S. The molecule has 0 unspecified atom stereocenters. The molecule has 0 fully saturated rings. The van der Waals surface area contributed by atoms with Crippen molar-refractivity contribution in [2.45, 2.75) is 18.6 Å². The van der Waals surface area contributed by atoms with E-state index in [1.165, 1.54) is 18.3 Å². The van der Waals surface area contributed by atoms with Crippen molar-refractivity contribution >= 4 is 15.7 Å². The lowest BCUT2D eigenvalue weighted by Gasteiger charge is -2.12. The van der Waals surface area contributed by atoms with E-state index in [0.29, 0.717) is 23.6 Å². The molecule has 0 spiro atoms. The Balaban J connectivity index is 2.28. The van der Waals surface area contributed by atoms with E-state index in [4.69, 9.17) is 9.84 Å². The Morgan fingerprint density at radius 2 is 2.00 bits per heavy atom. The maximum atomic E-state index is 12.3. The molecule has 0 amide bonds. The maximum Gasteiger partial charge on any atom is 0.279 e. The summed E-state index contributed by atoms with van der Waals surface area (Å²) in [6.45, 7) is 2.07. The first-order valence-corrected chi connectivity index (χ1v) is 7.85. The summed E-state index contributed by atoms with van der Waals surface area (Å²) in [5.41, 5.74) is 0.899. The van der Waals surface area contributed by atoms with Crippen LogP contribution in [0.5, 0.6) is 5.75 Å². The number of nitrogens with zero attached hydrogens (tertiary/aromatic N) is 1. The normalized spacial score (nSPS) is 11.1. The highest BCUT2D eigenvalue weighted by Gasteiger charge is 2.17. The van der Waals surface area contributed by atoms with Crippen molar-refractivity contribution in [1.82, 2.24) is 4.98 Å². The topological polar surface area (TPSA) is 88.5 Å². The number of ether oxygens (including phenoxy) is 1. The first-order valence-electron chi connectivity index (χ1n) is 6.37. The largest absolute Gasteiger partial charge is 0.492 e. The smallest absolute Gasteiger partial charge is 0.279 e. The van der Waals surface area contributed by atoms with Crippen LogP contribution in [0.4, 0.5) is 5.69 Å². The van der Waals surface area contributed by atoms with E-state index in [1.54, 1.807) is 24.3 Å². The van der Waals surface area contributed by atoms with E-state index in [-0.39, 0.29) is 11.6 Å². The zero-order valence-electron chi connectivity index (χ0n) is 11.5. The van der Waals surface area contributed by atoms with Crippen LogP contribution < -0.4 is 9.46 Å². The summed E-state index contributed by atoms with van der Waals surface area (Å²) >= 11 is 0. The van der Waals surface area contributed by atoms with Crippen LogP contribution in [0, 0.1) is 0 Å². The molecule has 6 nitrogen and oxygen atoms in total. The quantitative estimate of drug-likeness (QED) is 0.849. The number of anilines is 1. The molecule has 0 aliphatic heterocycles. The summed E-state index contributed by atoms with van der Waals surface area (Å²) in [6.07, 6.45) is 1.32. The number of benzene rings is 1. The Morgan fingerprint density at radius 3 is 2.62 bits per heavy atom. The Morgan fingerprint density at radius 1 is 1.24 bits per heavy atom. The third kappa shape index (κ3) is 3.71. The molecule has 1 heterocycles. The number of hydrogen-bond acceptors (Lipinski definition) is 5. The van der Waals surface area contributed by atoms with Gasteiger partial charge in [0.25, 0.3) is 10.0 Å². The van der Waals surface area contributed by atoms with Gasteiger partial charge in [0.1, 0.15) is 5.75 Å². The predicted octanol–water partition coefficient (Wildman–Crippen LogP) is 1.77. The van der Waals surface area contributed by atoms with Gasteiger partial charge in [-0.15, -0.1) is 0 Å². The SMILES string of the molecule is CCOc1ccccc1NS(=O)(=O)c1ccc(CO)cn1. The van der Waals surface area contributed by atoms with Gasteiger partial charge in [0.15, 0.2) is 5.03 Å². The number of para-hydroxylation sites is 2. The summed E-state index contributed by atoms with van der Waals surface area (Å²) in [5.74, 6) is 0.454. The van der Waals surface area contributed by atoms with Gasteiger partial charge in [-0.2, -0.15) is 8.42 Å². The summed E-state index contributed by atoms with van der Waals surface area (Å²) < 4.78 is 32.4. The second kappa shape index (κ2) is 6.55. The molecule has 2 aromatic rings. The van der Waals surface area contributed by atoms with E-state index in [1.807, 2.05) is 6.92 Å². The van der Waals surface area contributed by atoms with Crippen LogP contribution in [-0.4, -0.2) is 25.1 Å². The second-order valence-corrected chi connectivity index (χ2v) is 5.83. The molecular weight excluding hydrogens is 292 g/mol. The van der Waals surface area contributed by atoms with Crippen molar-refractivity contribution in [3.8, 4) is 5.75 Å². The monoisotopic (exact) mass is 308 g/mol. The lowest BCUT2D eigenvalue weighted by molar-refractivity contribution is 0.281. The number of aliphatic hydroxyl groups excluding tert-OH is 1. The zero-order valence-corrected chi connectivity index (χ0v) is 12.3. The highest BCUT2D eigenvalue weighted by Crippen LogP contribution is 2.26.